The van der Waals surface area contributed by atoms with Gasteiger partial charge in [0.2, 0.25) is 0 Å². The minimum absolute atomic E-state index is 0.235. The fraction of sp³-hybridized carbons (Fsp3) is 0.0769. The molecule has 0 bridgehead atoms. The summed E-state index contributed by atoms with van der Waals surface area (Å²) in [5.41, 5.74) is 2.79. The fourth-order valence-corrected chi connectivity index (χ4v) is 1.78. The number of benzene rings is 1. The summed E-state index contributed by atoms with van der Waals surface area (Å²) in [4.78, 5) is 0. The van der Waals surface area contributed by atoms with Crippen LogP contribution < -0.4 is 0 Å². The van der Waals surface area contributed by atoms with Crippen LogP contribution in [0.2, 0.25) is 5.02 Å². The third kappa shape index (κ3) is 2.38. The van der Waals surface area contributed by atoms with E-state index < -0.39 is 0 Å². The van der Waals surface area contributed by atoms with Crippen LogP contribution in [0, 0.1) is 11.3 Å². The molecule has 0 aliphatic carbocycles. The highest BCUT2D eigenvalue weighted by atomic mass is 35.5. The Balaban J connectivity index is 2.44. The molecule has 1 aromatic heterocycles. The molecule has 1 aromatic carbocycles. The molecule has 2 aromatic rings. The van der Waals surface area contributed by atoms with Gasteiger partial charge in [-0.25, -0.2) is 0 Å². The fourth-order valence-electron chi connectivity index (χ4n) is 1.55. The van der Waals surface area contributed by atoms with Gasteiger partial charge in [0.15, 0.2) is 0 Å². The summed E-state index contributed by atoms with van der Waals surface area (Å²) in [6, 6.07) is 7.71. The van der Waals surface area contributed by atoms with E-state index in [0.29, 0.717) is 5.02 Å². The van der Waals surface area contributed by atoms with Crippen molar-refractivity contribution in [1.29, 1.82) is 5.26 Å². The molecule has 0 saturated carbocycles. The molecular formula is C13H10ClN3. The maximum atomic E-state index is 8.59. The Bertz CT molecular complexity index is 593. The second-order valence-electron chi connectivity index (χ2n) is 3.53. The number of nitriles is 1. The van der Waals surface area contributed by atoms with Gasteiger partial charge >= 0.3 is 0 Å². The third-order valence-corrected chi connectivity index (χ3v) is 2.73. The Hall–Kier alpha value is -2.05. The quantitative estimate of drug-likeness (QED) is 0.829. The molecule has 0 fully saturated rings. The molecule has 0 atom stereocenters. The van der Waals surface area contributed by atoms with Crippen LogP contribution in [0.3, 0.4) is 0 Å². The number of halogens is 1. The highest BCUT2D eigenvalue weighted by Gasteiger charge is 2.06. The van der Waals surface area contributed by atoms with E-state index in [4.69, 9.17) is 16.9 Å². The lowest BCUT2D eigenvalue weighted by molar-refractivity contribution is 0.710. The Morgan fingerprint density at radius 2 is 2.35 bits per heavy atom. The molecule has 0 aliphatic heterocycles. The van der Waals surface area contributed by atoms with Gasteiger partial charge in [-0.1, -0.05) is 30.3 Å². The lowest BCUT2D eigenvalue weighted by Crippen LogP contribution is -1.94. The molecule has 0 radical (unpaired) electrons. The van der Waals surface area contributed by atoms with Crippen molar-refractivity contribution < 1.29 is 0 Å². The van der Waals surface area contributed by atoms with Gasteiger partial charge in [0.25, 0.3) is 0 Å². The van der Waals surface area contributed by atoms with Crippen LogP contribution in [-0.4, -0.2) is 9.78 Å². The van der Waals surface area contributed by atoms with Gasteiger partial charge in [-0.2, -0.15) is 10.4 Å². The molecule has 0 amide bonds. The van der Waals surface area contributed by atoms with Gasteiger partial charge in [0.05, 0.1) is 12.3 Å². The van der Waals surface area contributed by atoms with E-state index in [1.54, 1.807) is 23.2 Å². The van der Waals surface area contributed by atoms with Crippen molar-refractivity contribution in [2.75, 3.05) is 0 Å². The first-order valence-corrected chi connectivity index (χ1v) is 5.44. The standard InChI is InChI=1S/C13H10ClN3/c1-2-10-3-4-13(14)12(7-10)11-8-16-17(9-11)6-5-15/h2-4,7-9H,1,6H2. The summed E-state index contributed by atoms with van der Waals surface area (Å²) < 4.78 is 1.58. The summed E-state index contributed by atoms with van der Waals surface area (Å²) >= 11 is 6.14. The molecule has 0 aliphatic rings. The second kappa shape index (κ2) is 4.86. The zero-order valence-electron chi connectivity index (χ0n) is 9.10. The topological polar surface area (TPSA) is 41.6 Å². The van der Waals surface area contributed by atoms with E-state index in [1.165, 1.54) is 0 Å². The van der Waals surface area contributed by atoms with E-state index in [9.17, 15) is 0 Å². The number of aromatic nitrogens is 2. The minimum Gasteiger partial charge on any atom is -0.258 e. The van der Waals surface area contributed by atoms with E-state index >= 15 is 0 Å². The monoisotopic (exact) mass is 243 g/mol. The van der Waals surface area contributed by atoms with Crippen LogP contribution >= 0.6 is 11.6 Å². The van der Waals surface area contributed by atoms with Crippen molar-refractivity contribution in [3.8, 4) is 17.2 Å². The first-order chi connectivity index (χ1) is 8.24. The smallest absolute Gasteiger partial charge is 0.128 e. The average Bonchev–Trinajstić information content (AvgIpc) is 2.79. The van der Waals surface area contributed by atoms with Gasteiger partial charge in [-0.15, -0.1) is 0 Å². The highest BCUT2D eigenvalue weighted by Crippen LogP contribution is 2.28. The number of rotatable bonds is 3. The Morgan fingerprint density at radius 3 is 3.06 bits per heavy atom. The van der Waals surface area contributed by atoms with Crippen LogP contribution in [-0.2, 0) is 6.54 Å². The van der Waals surface area contributed by atoms with E-state index in [-0.39, 0.29) is 6.54 Å². The normalized spacial score (nSPS) is 9.88. The predicted octanol–water partition coefficient (Wildman–Crippen LogP) is 3.37. The zero-order chi connectivity index (χ0) is 12.3. The molecule has 0 saturated heterocycles. The summed E-state index contributed by atoms with van der Waals surface area (Å²) in [7, 11) is 0. The van der Waals surface area contributed by atoms with Gasteiger partial charge in [-0.05, 0) is 17.7 Å². The van der Waals surface area contributed by atoms with Crippen molar-refractivity contribution in [3.63, 3.8) is 0 Å². The number of nitrogens with zero attached hydrogens (tertiary/aromatic N) is 3. The van der Waals surface area contributed by atoms with Gasteiger partial charge in [0.1, 0.15) is 6.54 Å². The number of hydrogen-bond donors (Lipinski definition) is 0. The summed E-state index contributed by atoms with van der Waals surface area (Å²) in [5.74, 6) is 0. The van der Waals surface area contributed by atoms with Gasteiger partial charge in [0, 0.05) is 22.3 Å². The predicted molar refractivity (Wildman–Crippen MR) is 68.4 cm³/mol. The Labute approximate surface area is 105 Å². The molecule has 0 N–H and O–H groups in total. The van der Waals surface area contributed by atoms with E-state index in [1.807, 2.05) is 24.3 Å². The summed E-state index contributed by atoms with van der Waals surface area (Å²) in [6.45, 7) is 3.96. The van der Waals surface area contributed by atoms with Crippen molar-refractivity contribution >= 4 is 17.7 Å². The molecule has 0 spiro atoms. The number of hydrogen-bond acceptors (Lipinski definition) is 2. The summed E-state index contributed by atoms with van der Waals surface area (Å²) in [6.07, 6.45) is 5.27. The van der Waals surface area contributed by atoms with Crippen LogP contribution in [0.1, 0.15) is 5.56 Å². The molecule has 2 rings (SSSR count). The SMILES string of the molecule is C=Cc1ccc(Cl)c(-c2cnn(CC#N)c2)c1. The molecule has 3 nitrogen and oxygen atoms in total. The molecule has 4 heteroatoms. The van der Waals surface area contributed by atoms with Crippen LogP contribution in [0.4, 0.5) is 0 Å². The zero-order valence-corrected chi connectivity index (χ0v) is 9.85. The van der Waals surface area contributed by atoms with Crippen molar-refractivity contribution in [3.05, 3.63) is 47.8 Å². The second-order valence-corrected chi connectivity index (χ2v) is 3.94. The molecule has 1 heterocycles. The lowest BCUT2D eigenvalue weighted by atomic mass is 10.1. The average molecular weight is 244 g/mol. The van der Waals surface area contributed by atoms with E-state index in [0.717, 1.165) is 16.7 Å². The first kappa shape index (κ1) is 11.4. The Morgan fingerprint density at radius 1 is 1.53 bits per heavy atom. The summed E-state index contributed by atoms with van der Waals surface area (Å²) in [5, 5.41) is 13.3. The maximum Gasteiger partial charge on any atom is 0.128 e. The molecule has 0 unspecified atom stereocenters. The molecule has 84 valence electrons. The van der Waals surface area contributed by atoms with Crippen LogP contribution in [0.5, 0.6) is 0 Å². The van der Waals surface area contributed by atoms with E-state index in [2.05, 4.69) is 11.7 Å². The van der Waals surface area contributed by atoms with Gasteiger partial charge in [-0.3, -0.25) is 4.68 Å². The third-order valence-electron chi connectivity index (χ3n) is 2.40. The molecular weight excluding hydrogens is 234 g/mol. The van der Waals surface area contributed by atoms with Gasteiger partial charge < -0.3 is 0 Å². The minimum atomic E-state index is 0.235. The largest absolute Gasteiger partial charge is 0.258 e. The maximum absolute atomic E-state index is 8.59. The van der Waals surface area contributed by atoms with Crippen molar-refractivity contribution in [2.24, 2.45) is 0 Å². The lowest BCUT2D eigenvalue weighted by Gasteiger charge is -2.02. The van der Waals surface area contributed by atoms with Crippen molar-refractivity contribution in [2.45, 2.75) is 6.54 Å². The highest BCUT2D eigenvalue weighted by molar-refractivity contribution is 6.33. The van der Waals surface area contributed by atoms with Crippen LogP contribution in [0.15, 0.2) is 37.2 Å². The molecule has 17 heavy (non-hydrogen) atoms. The first-order valence-electron chi connectivity index (χ1n) is 5.06. The van der Waals surface area contributed by atoms with Crippen LogP contribution in [0.25, 0.3) is 17.2 Å². The van der Waals surface area contributed by atoms with Crippen molar-refractivity contribution in [1.82, 2.24) is 9.78 Å². The Kier molecular flexibility index (Phi) is 3.27.